The van der Waals surface area contributed by atoms with Crippen LogP contribution in [0.5, 0.6) is 0 Å². The molecule has 0 spiro atoms. The molecule has 8 heteroatoms. The Balaban J connectivity index is 0.000000235. The topological polar surface area (TPSA) is 126 Å². The number of aryl methyl sites for hydroxylation is 3. The van der Waals surface area contributed by atoms with Gasteiger partial charge in [-0.3, -0.25) is 16.6 Å². The van der Waals surface area contributed by atoms with E-state index in [9.17, 15) is 13.0 Å². The van der Waals surface area contributed by atoms with Crippen molar-refractivity contribution in [2.24, 2.45) is 0 Å². The predicted molar refractivity (Wildman–Crippen MR) is 77.6 cm³/mol. The first-order chi connectivity index (χ1) is 9.62. The second-order valence-corrected chi connectivity index (χ2v) is 5.91. The number of benzene rings is 1. The molecule has 0 fully saturated rings. The van der Waals surface area contributed by atoms with Crippen molar-refractivity contribution in [1.82, 2.24) is 4.98 Å². The largest absolute Gasteiger partial charge is 0.744 e. The molecule has 1 aromatic heterocycles. The molecule has 2 rings (SSSR count). The van der Waals surface area contributed by atoms with Crippen LogP contribution in [0, 0.1) is 20.8 Å². The normalized spacial score (nSPS) is 10.7. The van der Waals surface area contributed by atoms with E-state index in [-0.39, 0.29) is 4.90 Å². The summed E-state index contributed by atoms with van der Waals surface area (Å²) in [6, 6.07) is 3.38. The van der Waals surface area contributed by atoms with Gasteiger partial charge in [0.15, 0.2) is 0 Å². The Kier molecular flexibility index (Phi) is 5.23. The van der Waals surface area contributed by atoms with Crippen molar-refractivity contribution in [3.63, 3.8) is 0 Å². The lowest BCUT2D eigenvalue weighted by molar-refractivity contribution is -0.624. The molecule has 1 aromatic carbocycles. The molecule has 0 bridgehead atoms. The first-order valence-electron chi connectivity index (χ1n) is 6.03. The van der Waals surface area contributed by atoms with Crippen LogP contribution in [-0.2, 0) is 10.1 Å². The predicted octanol–water partition coefficient (Wildman–Crippen LogP) is 0.181. The molecule has 0 amide bonds. The molecule has 2 aromatic rings. The Morgan fingerprint density at radius 3 is 2.05 bits per heavy atom. The van der Waals surface area contributed by atoms with Gasteiger partial charge in [-0.15, -0.1) is 4.68 Å². The lowest BCUT2D eigenvalue weighted by Gasteiger charge is -2.14. The Labute approximate surface area is 124 Å². The van der Waals surface area contributed by atoms with Crippen molar-refractivity contribution in [3.05, 3.63) is 47.4 Å². The quantitative estimate of drug-likeness (QED) is 0.439. The molecular formula is C13H18N4O3S. The summed E-state index contributed by atoms with van der Waals surface area (Å²) in [4.78, 5) is 3.63. The Bertz CT molecular complexity index is 701. The van der Waals surface area contributed by atoms with E-state index >= 15 is 0 Å². The van der Waals surface area contributed by atoms with Crippen molar-refractivity contribution < 1.29 is 17.6 Å². The SMILES string of the molecule is Cc1cc(C)c(S(=O)(=O)[O-])c(C)c1.Nc1cncc[n+]1N. The van der Waals surface area contributed by atoms with Gasteiger partial charge < -0.3 is 4.55 Å². The first kappa shape index (κ1) is 16.9. The summed E-state index contributed by atoms with van der Waals surface area (Å²) in [5.74, 6) is 5.72. The van der Waals surface area contributed by atoms with Crippen LogP contribution in [0.1, 0.15) is 16.7 Å². The van der Waals surface area contributed by atoms with Gasteiger partial charge in [-0.05, 0) is 31.9 Å². The number of nitrogens with two attached hydrogens (primary N) is 2. The lowest BCUT2D eigenvalue weighted by Crippen LogP contribution is -2.46. The van der Waals surface area contributed by atoms with E-state index in [1.165, 1.54) is 10.9 Å². The van der Waals surface area contributed by atoms with Crippen LogP contribution in [0.4, 0.5) is 5.82 Å². The highest BCUT2D eigenvalue weighted by Gasteiger charge is 2.09. The zero-order valence-corrected chi connectivity index (χ0v) is 12.9. The van der Waals surface area contributed by atoms with E-state index in [1.807, 2.05) is 6.92 Å². The molecule has 0 radical (unpaired) electrons. The fraction of sp³-hybridized carbons (Fsp3) is 0.231. The summed E-state index contributed by atoms with van der Waals surface area (Å²) in [6.45, 7) is 5.12. The minimum atomic E-state index is -4.33. The number of nitrogen functional groups attached to an aromatic ring is 2. The number of anilines is 1. The standard InChI is InChI=1S/C9H12O3S.C4H6N4/c1-6-4-7(2)9(8(3)5-6)13(10,11)12;5-4-3-7-1-2-8(4)6/h4-5H,1-3H3,(H,10,11,12);1-3,5H,6H2. The zero-order chi connectivity index (χ0) is 16.2. The van der Waals surface area contributed by atoms with Gasteiger partial charge >= 0.3 is 5.82 Å². The molecule has 4 N–H and O–H groups in total. The maximum atomic E-state index is 10.8. The minimum absolute atomic E-state index is 0.0851. The summed E-state index contributed by atoms with van der Waals surface area (Å²) >= 11 is 0. The second-order valence-electron chi connectivity index (χ2n) is 4.59. The van der Waals surface area contributed by atoms with Gasteiger partial charge in [0, 0.05) is 0 Å². The van der Waals surface area contributed by atoms with E-state index in [2.05, 4.69) is 4.98 Å². The monoisotopic (exact) mass is 310 g/mol. The van der Waals surface area contributed by atoms with Crippen molar-refractivity contribution >= 4 is 15.9 Å². The Morgan fingerprint density at radius 1 is 1.19 bits per heavy atom. The molecule has 0 aliphatic rings. The van der Waals surface area contributed by atoms with Gasteiger partial charge in [0.2, 0.25) is 0 Å². The molecule has 0 atom stereocenters. The van der Waals surface area contributed by atoms with Gasteiger partial charge in [-0.1, -0.05) is 17.7 Å². The number of nitrogens with zero attached hydrogens (tertiary/aromatic N) is 2. The van der Waals surface area contributed by atoms with E-state index in [0.717, 1.165) is 5.56 Å². The van der Waals surface area contributed by atoms with Gasteiger partial charge in [0.1, 0.15) is 22.5 Å². The molecule has 0 saturated heterocycles. The van der Waals surface area contributed by atoms with Gasteiger partial charge in [0.05, 0.1) is 11.1 Å². The molecule has 114 valence electrons. The van der Waals surface area contributed by atoms with Crippen molar-refractivity contribution in [1.29, 1.82) is 0 Å². The molecule has 0 unspecified atom stereocenters. The highest BCUT2D eigenvalue weighted by Crippen LogP contribution is 2.20. The van der Waals surface area contributed by atoms with E-state index in [1.54, 1.807) is 38.4 Å². The molecule has 0 aliphatic carbocycles. The average molecular weight is 310 g/mol. The summed E-state index contributed by atoms with van der Waals surface area (Å²) in [5, 5.41) is 0. The smallest absolute Gasteiger partial charge is 0.314 e. The summed E-state index contributed by atoms with van der Waals surface area (Å²) in [6.07, 6.45) is 4.63. The van der Waals surface area contributed by atoms with Crippen molar-refractivity contribution in [3.8, 4) is 0 Å². The molecule has 0 saturated carbocycles. The highest BCUT2D eigenvalue weighted by atomic mass is 32.2. The average Bonchev–Trinajstić information content (AvgIpc) is 2.30. The molecule has 21 heavy (non-hydrogen) atoms. The van der Waals surface area contributed by atoms with Crippen LogP contribution in [-0.4, -0.2) is 18.0 Å². The molecule has 7 nitrogen and oxygen atoms in total. The maximum absolute atomic E-state index is 10.8. The maximum Gasteiger partial charge on any atom is 0.314 e. The summed E-state index contributed by atoms with van der Waals surface area (Å²) in [7, 11) is -4.33. The van der Waals surface area contributed by atoms with E-state index < -0.39 is 10.1 Å². The fourth-order valence-electron chi connectivity index (χ4n) is 1.94. The summed E-state index contributed by atoms with van der Waals surface area (Å²) < 4.78 is 33.8. The third-order valence-electron chi connectivity index (χ3n) is 2.67. The fourth-order valence-corrected chi connectivity index (χ4v) is 2.85. The van der Waals surface area contributed by atoms with Crippen molar-refractivity contribution in [2.45, 2.75) is 25.7 Å². The van der Waals surface area contributed by atoms with Crippen molar-refractivity contribution in [2.75, 3.05) is 11.6 Å². The first-order valence-corrected chi connectivity index (χ1v) is 7.43. The Morgan fingerprint density at radius 2 is 1.71 bits per heavy atom. The number of aromatic nitrogens is 2. The van der Waals surface area contributed by atoms with Crippen LogP contribution in [0.3, 0.4) is 0 Å². The number of hydrogen-bond acceptors (Lipinski definition) is 6. The van der Waals surface area contributed by atoms with E-state index in [0.29, 0.717) is 16.9 Å². The van der Waals surface area contributed by atoms with Crippen LogP contribution < -0.4 is 16.3 Å². The number of rotatable bonds is 1. The van der Waals surface area contributed by atoms with Gasteiger partial charge in [-0.2, -0.15) is 0 Å². The molecular weight excluding hydrogens is 292 g/mol. The minimum Gasteiger partial charge on any atom is -0.744 e. The van der Waals surface area contributed by atoms with Gasteiger partial charge in [-0.25, -0.2) is 8.42 Å². The van der Waals surface area contributed by atoms with Crippen LogP contribution in [0.2, 0.25) is 0 Å². The van der Waals surface area contributed by atoms with Crippen LogP contribution >= 0.6 is 0 Å². The van der Waals surface area contributed by atoms with Gasteiger partial charge in [0.25, 0.3) is 0 Å². The van der Waals surface area contributed by atoms with Crippen LogP contribution in [0.25, 0.3) is 0 Å². The second kappa shape index (κ2) is 6.51. The van der Waals surface area contributed by atoms with E-state index in [4.69, 9.17) is 11.6 Å². The molecule has 0 aliphatic heterocycles. The van der Waals surface area contributed by atoms with Crippen LogP contribution in [0.15, 0.2) is 35.6 Å². The lowest BCUT2D eigenvalue weighted by atomic mass is 10.1. The Hall–Kier alpha value is -2.19. The number of hydrogen-bond donors (Lipinski definition) is 2. The zero-order valence-electron chi connectivity index (χ0n) is 12.1. The highest BCUT2D eigenvalue weighted by molar-refractivity contribution is 7.85. The summed E-state index contributed by atoms with van der Waals surface area (Å²) in [5.41, 5.74) is 7.30. The third-order valence-corrected chi connectivity index (χ3v) is 3.82. The molecule has 1 heterocycles. The third kappa shape index (κ3) is 4.69.